The average Bonchev–Trinajstić information content (AvgIpc) is 2.42. The molecular formula is C16H22ClN3. The Kier molecular flexibility index (Phi) is 5.42. The highest BCUT2D eigenvalue weighted by molar-refractivity contribution is 6.31. The van der Waals surface area contributed by atoms with E-state index in [4.69, 9.17) is 16.9 Å². The second-order valence-corrected chi connectivity index (χ2v) is 6.31. The first-order chi connectivity index (χ1) is 9.58. The van der Waals surface area contributed by atoms with Gasteiger partial charge in [-0.3, -0.25) is 4.90 Å². The fourth-order valence-electron chi connectivity index (χ4n) is 2.83. The highest BCUT2D eigenvalue weighted by Crippen LogP contribution is 2.23. The summed E-state index contributed by atoms with van der Waals surface area (Å²) >= 11 is 6.24. The monoisotopic (exact) mass is 291 g/mol. The van der Waals surface area contributed by atoms with Crippen molar-refractivity contribution in [1.29, 1.82) is 5.26 Å². The van der Waals surface area contributed by atoms with Crippen molar-refractivity contribution in [3.63, 3.8) is 0 Å². The van der Waals surface area contributed by atoms with Crippen LogP contribution in [0.15, 0.2) is 18.2 Å². The molecular weight excluding hydrogens is 270 g/mol. The molecule has 1 fully saturated rings. The summed E-state index contributed by atoms with van der Waals surface area (Å²) in [6, 6.07) is 7.71. The van der Waals surface area contributed by atoms with Crippen LogP contribution < -0.4 is 0 Å². The van der Waals surface area contributed by atoms with Crippen LogP contribution in [-0.2, 0) is 6.54 Å². The lowest BCUT2D eigenvalue weighted by atomic mass is 9.96. The molecule has 108 valence electrons. The molecule has 20 heavy (non-hydrogen) atoms. The van der Waals surface area contributed by atoms with Gasteiger partial charge in [-0.25, -0.2) is 0 Å². The molecule has 0 aliphatic carbocycles. The third-order valence-electron chi connectivity index (χ3n) is 3.91. The molecule has 0 unspecified atom stereocenters. The standard InChI is InChI=1S/C16H22ClN3/c1-19(2)11-13-5-7-20(8-6-13)12-15-4-3-14(10-18)9-16(15)17/h3-4,9,13H,5-8,11-12H2,1-2H3. The molecule has 2 rings (SSSR count). The van der Waals surface area contributed by atoms with Crippen molar-refractivity contribution in [3.05, 3.63) is 34.3 Å². The van der Waals surface area contributed by atoms with E-state index in [1.54, 1.807) is 6.07 Å². The quantitative estimate of drug-likeness (QED) is 0.854. The van der Waals surface area contributed by atoms with Crippen LogP contribution in [0.5, 0.6) is 0 Å². The molecule has 1 aromatic carbocycles. The molecule has 0 amide bonds. The number of nitrogens with zero attached hydrogens (tertiary/aromatic N) is 3. The topological polar surface area (TPSA) is 30.3 Å². The first-order valence-electron chi connectivity index (χ1n) is 7.14. The van der Waals surface area contributed by atoms with Crippen LogP contribution >= 0.6 is 11.6 Å². The maximum Gasteiger partial charge on any atom is 0.0992 e. The average molecular weight is 292 g/mol. The summed E-state index contributed by atoms with van der Waals surface area (Å²) in [5.41, 5.74) is 1.75. The summed E-state index contributed by atoms with van der Waals surface area (Å²) in [4.78, 5) is 4.73. The Morgan fingerprint density at radius 1 is 1.35 bits per heavy atom. The van der Waals surface area contributed by atoms with Crippen molar-refractivity contribution in [3.8, 4) is 6.07 Å². The number of hydrogen-bond donors (Lipinski definition) is 0. The molecule has 0 aromatic heterocycles. The molecule has 1 aliphatic rings. The molecule has 0 bridgehead atoms. The van der Waals surface area contributed by atoms with E-state index in [9.17, 15) is 0 Å². The molecule has 4 heteroatoms. The van der Waals surface area contributed by atoms with E-state index in [2.05, 4.69) is 30.0 Å². The Morgan fingerprint density at radius 3 is 2.60 bits per heavy atom. The number of halogens is 1. The first kappa shape index (κ1) is 15.3. The minimum Gasteiger partial charge on any atom is -0.309 e. The number of hydrogen-bond acceptors (Lipinski definition) is 3. The van der Waals surface area contributed by atoms with Crippen LogP contribution in [0.4, 0.5) is 0 Å². The van der Waals surface area contributed by atoms with Gasteiger partial charge in [0.25, 0.3) is 0 Å². The van der Waals surface area contributed by atoms with Gasteiger partial charge >= 0.3 is 0 Å². The normalized spacial score (nSPS) is 17.4. The third-order valence-corrected chi connectivity index (χ3v) is 4.26. The molecule has 0 radical (unpaired) electrons. The summed E-state index contributed by atoms with van der Waals surface area (Å²) < 4.78 is 0. The van der Waals surface area contributed by atoms with Gasteiger partial charge in [-0.15, -0.1) is 0 Å². The lowest BCUT2D eigenvalue weighted by Gasteiger charge is -2.33. The fourth-order valence-corrected chi connectivity index (χ4v) is 3.07. The SMILES string of the molecule is CN(C)CC1CCN(Cc2ccc(C#N)cc2Cl)CC1. The van der Waals surface area contributed by atoms with Crippen LogP contribution in [0.25, 0.3) is 0 Å². The zero-order valence-electron chi connectivity index (χ0n) is 12.3. The van der Waals surface area contributed by atoms with Gasteiger partial charge in [0.2, 0.25) is 0 Å². The molecule has 1 heterocycles. The summed E-state index contributed by atoms with van der Waals surface area (Å²) in [5.74, 6) is 0.817. The Labute approximate surface area is 126 Å². The third kappa shape index (κ3) is 4.21. The van der Waals surface area contributed by atoms with Crippen molar-refractivity contribution < 1.29 is 0 Å². The van der Waals surface area contributed by atoms with E-state index in [0.29, 0.717) is 10.6 Å². The Hall–Kier alpha value is -1.08. The minimum absolute atomic E-state index is 0.628. The van der Waals surface area contributed by atoms with Gasteiger partial charge in [0.1, 0.15) is 0 Å². The van der Waals surface area contributed by atoms with Crippen LogP contribution in [0.2, 0.25) is 5.02 Å². The highest BCUT2D eigenvalue weighted by Gasteiger charge is 2.20. The summed E-state index contributed by atoms with van der Waals surface area (Å²) in [7, 11) is 4.28. The molecule has 0 N–H and O–H groups in total. The zero-order chi connectivity index (χ0) is 14.5. The van der Waals surface area contributed by atoms with Crippen molar-refractivity contribution in [2.24, 2.45) is 5.92 Å². The van der Waals surface area contributed by atoms with Crippen molar-refractivity contribution in [1.82, 2.24) is 9.80 Å². The second kappa shape index (κ2) is 7.08. The van der Waals surface area contributed by atoms with Gasteiger partial charge in [-0.1, -0.05) is 17.7 Å². The molecule has 0 atom stereocenters. The molecule has 1 aromatic rings. The van der Waals surface area contributed by atoms with E-state index in [0.717, 1.165) is 31.1 Å². The van der Waals surface area contributed by atoms with Gasteiger partial charge in [0.05, 0.1) is 11.6 Å². The number of benzene rings is 1. The number of rotatable bonds is 4. The maximum absolute atomic E-state index is 8.85. The van der Waals surface area contributed by atoms with Crippen LogP contribution in [0.1, 0.15) is 24.0 Å². The lowest BCUT2D eigenvalue weighted by molar-refractivity contribution is 0.157. The van der Waals surface area contributed by atoms with Gasteiger partial charge in [-0.2, -0.15) is 5.26 Å². The molecule has 3 nitrogen and oxygen atoms in total. The van der Waals surface area contributed by atoms with E-state index < -0.39 is 0 Å². The summed E-state index contributed by atoms with van der Waals surface area (Å²) in [6.45, 7) is 4.34. The maximum atomic E-state index is 8.85. The van der Waals surface area contributed by atoms with Crippen LogP contribution in [0.3, 0.4) is 0 Å². The van der Waals surface area contributed by atoms with Crippen LogP contribution in [0, 0.1) is 17.2 Å². The van der Waals surface area contributed by atoms with Crippen molar-refractivity contribution in [2.75, 3.05) is 33.7 Å². The molecule has 0 spiro atoms. The van der Waals surface area contributed by atoms with Gasteiger partial charge in [-0.05, 0) is 63.6 Å². The predicted molar refractivity (Wildman–Crippen MR) is 82.7 cm³/mol. The summed E-state index contributed by atoms with van der Waals surface area (Å²) in [5, 5.41) is 9.56. The summed E-state index contributed by atoms with van der Waals surface area (Å²) in [6.07, 6.45) is 2.51. The van der Waals surface area contributed by atoms with Gasteiger partial charge in [0, 0.05) is 18.1 Å². The molecule has 0 saturated carbocycles. The Balaban J connectivity index is 1.88. The van der Waals surface area contributed by atoms with E-state index in [-0.39, 0.29) is 0 Å². The number of nitriles is 1. The first-order valence-corrected chi connectivity index (χ1v) is 7.52. The molecule has 1 saturated heterocycles. The van der Waals surface area contributed by atoms with E-state index in [1.165, 1.54) is 19.4 Å². The van der Waals surface area contributed by atoms with Gasteiger partial charge in [0.15, 0.2) is 0 Å². The predicted octanol–water partition coefficient (Wildman–Crippen LogP) is 2.99. The fraction of sp³-hybridized carbons (Fsp3) is 0.562. The minimum atomic E-state index is 0.628. The largest absolute Gasteiger partial charge is 0.309 e. The number of piperidine rings is 1. The van der Waals surface area contributed by atoms with Gasteiger partial charge < -0.3 is 4.90 Å². The second-order valence-electron chi connectivity index (χ2n) is 5.90. The lowest BCUT2D eigenvalue weighted by Crippen LogP contribution is -2.36. The van der Waals surface area contributed by atoms with Crippen molar-refractivity contribution >= 4 is 11.6 Å². The van der Waals surface area contributed by atoms with Crippen molar-refractivity contribution in [2.45, 2.75) is 19.4 Å². The smallest absolute Gasteiger partial charge is 0.0992 e. The highest BCUT2D eigenvalue weighted by atomic mass is 35.5. The van der Waals surface area contributed by atoms with E-state index >= 15 is 0 Å². The van der Waals surface area contributed by atoms with E-state index in [1.807, 2.05) is 12.1 Å². The van der Waals surface area contributed by atoms with Crippen LogP contribution in [-0.4, -0.2) is 43.5 Å². The Bertz CT molecular complexity index is 485. The number of likely N-dealkylation sites (tertiary alicyclic amines) is 1. The molecule has 1 aliphatic heterocycles. The Morgan fingerprint density at radius 2 is 2.05 bits per heavy atom. The zero-order valence-corrected chi connectivity index (χ0v) is 13.0.